The predicted octanol–water partition coefficient (Wildman–Crippen LogP) is 3.44. The Morgan fingerprint density at radius 2 is 1.53 bits per heavy atom. The van der Waals surface area contributed by atoms with Crippen molar-refractivity contribution in [2.45, 2.75) is 22.6 Å². The zero-order chi connectivity index (χ0) is 22.1. The number of sulfone groups is 1. The Labute approximate surface area is 186 Å². The van der Waals surface area contributed by atoms with Crippen LogP contribution in [-0.4, -0.2) is 46.4 Å². The van der Waals surface area contributed by atoms with Gasteiger partial charge in [-0.1, -0.05) is 41.4 Å². The van der Waals surface area contributed by atoms with Crippen LogP contribution in [0.2, 0.25) is 10.0 Å². The van der Waals surface area contributed by atoms with Crippen molar-refractivity contribution in [1.29, 1.82) is 0 Å². The highest BCUT2D eigenvalue weighted by Gasteiger charge is 2.34. The minimum absolute atomic E-state index is 0.0340. The molecule has 0 aromatic heterocycles. The molecule has 0 aliphatic carbocycles. The Morgan fingerprint density at radius 3 is 2.10 bits per heavy atom. The van der Waals surface area contributed by atoms with Gasteiger partial charge >= 0.3 is 0 Å². The first-order chi connectivity index (χ1) is 14.0. The average molecular weight is 491 g/mol. The van der Waals surface area contributed by atoms with Crippen molar-refractivity contribution in [3.63, 3.8) is 0 Å². The van der Waals surface area contributed by atoms with Crippen LogP contribution in [0.3, 0.4) is 0 Å². The molecule has 1 aliphatic rings. The van der Waals surface area contributed by atoms with Crippen LogP contribution in [0.4, 0.5) is 5.69 Å². The molecule has 0 radical (unpaired) electrons. The summed E-state index contributed by atoms with van der Waals surface area (Å²) < 4.78 is 51.0. The molecule has 1 aliphatic heterocycles. The van der Waals surface area contributed by atoms with Gasteiger partial charge in [-0.25, -0.2) is 16.8 Å². The zero-order valence-corrected chi connectivity index (χ0v) is 19.2. The number of nitrogens with one attached hydrogen (secondary N) is 1. The summed E-state index contributed by atoms with van der Waals surface area (Å²) in [7, 11) is -7.40. The number of carbonyl (C=O) groups is 1. The molecule has 2 aromatic carbocycles. The standard InChI is InChI=1S/C19H20Cl2N2O5S2/c1-29(25,26)17-8-3-2-7-16(17)22-19(24)13-9-11-23(12-10-13)30(27,28)18-14(20)5-4-6-15(18)21/h2-8,13H,9-12H2,1H3,(H,22,24). The summed E-state index contributed by atoms with van der Waals surface area (Å²) in [4.78, 5) is 12.6. The summed E-state index contributed by atoms with van der Waals surface area (Å²) in [6, 6.07) is 10.6. The molecule has 0 spiro atoms. The van der Waals surface area contributed by atoms with E-state index in [1.807, 2.05) is 0 Å². The fourth-order valence-corrected chi connectivity index (χ4v) is 6.75. The third-order valence-corrected chi connectivity index (χ3v) is 8.90. The Balaban J connectivity index is 1.71. The topological polar surface area (TPSA) is 101 Å². The fraction of sp³-hybridized carbons (Fsp3) is 0.316. The van der Waals surface area contributed by atoms with Gasteiger partial charge in [-0.05, 0) is 37.1 Å². The lowest BCUT2D eigenvalue weighted by atomic mass is 9.97. The van der Waals surface area contributed by atoms with Crippen molar-refractivity contribution in [3.8, 4) is 0 Å². The number of amides is 1. The van der Waals surface area contributed by atoms with E-state index in [0.29, 0.717) is 0 Å². The molecular weight excluding hydrogens is 471 g/mol. The van der Waals surface area contributed by atoms with E-state index in [2.05, 4.69) is 5.32 Å². The van der Waals surface area contributed by atoms with Crippen molar-refractivity contribution in [1.82, 2.24) is 4.31 Å². The van der Waals surface area contributed by atoms with Crippen molar-refractivity contribution in [2.24, 2.45) is 5.92 Å². The van der Waals surface area contributed by atoms with E-state index < -0.39 is 25.8 Å². The van der Waals surface area contributed by atoms with E-state index in [1.165, 1.54) is 28.6 Å². The van der Waals surface area contributed by atoms with Gasteiger partial charge in [-0.15, -0.1) is 0 Å². The summed E-state index contributed by atoms with van der Waals surface area (Å²) in [5.41, 5.74) is 0.211. The van der Waals surface area contributed by atoms with E-state index in [-0.39, 0.29) is 57.4 Å². The zero-order valence-electron chi connectivity index (χ0n) is 16.0. The Kier molecular flexibility index (Phi) is 6.78. The van der Waals surface area contributed by atoms with Crippen LogP contribution in [-0.2, 0) is 24.7 Å². The summed E-state index contributed by atoms with van der Waals surface area (Å²) >= 11 is 12.1. The normalized spacial score (nSPS) is 16.4. The molecule has 2 aromatic rings. The molecule has 0 atom stereocenters. The summed E-state index contributed by atoms with van der Waals surface area (Å²) in [6.45, 7) is 0.241. The highest BCUT2D eigenvalue weighted by molar-refractivity contribution is 7.91. The maximum Gasteiger partial charge on any atom is 0.246 e. The second-order valence-corrected chi connectivity index (χ2v) is 11.7. The molecule has 30 heavy (non-hydrogen) atoms. The monoisotopic (exact) mass is 490 g/mol. The molecule has 11 heteroatoms. The van der Waals surface area contributed by atoms with Gasteiger partial charge < -0.3 is 5.32 Å². The first kappa shape index (κ1) is 23.0. The van der Waals surface area contributed by atoms with Gasteiger partial charge in [-0.2, -0.15) is 4.31 Å². The average Bonchev–Trinajstić information content (AvgIpc) is 2.67. The number of rotatable bonds is 5. The second kappa shape index (κ2) is 8.84. The van der Waals surface area contributed by atoms with Gasteiger partial charge in [-0.3, -0.25) is 4.79 Å². The maximum atomic E-state index is 12.9. The van der Waals surface area contributed by atoms with Crippen LogP contribution >= 0.6 is 23.2 Å². The summed E-state index contributed by atoms with van der Waals surface area (Å²) in [5.74, 6) is -0.801. The minimum atomic E-state index is -3.90. The SMILES string of the molecule is CS(=O)(=O)c1ccccc1NC(=O)C1CCN(S(=O)(=O)c2c(Cl)cccc2Cl)CC1. The quantitative estimate of drug-likeness (QED) is 0.691. The molecule has 1 fully saturated rings. The predicted molar refractivity (Wildman–Crippen MR) is 116 cm³/mol. The Morgan fingerprint density at radius 1 is 0.967 bits per heavy atom. The van der Waals surface area contributed by atoms with Gasteiger partial charge in [0.05, 0.1) is 20.6 Å². The number of sulfonamides is 1. The molecule has 1 amide bonds. The van der Waals surface area contributed by atoms with E-state index in [4.69, 9.17) is 23.2 Å². The molecule has 1 saturated heterocycles. The second-order valence-electron chi connectivity index (χ2n) is 6.99. The molecule has 162 valence electrons. The van der Waals surface area contributed by atoms with Crippen LogP contribution in [0.5, 0.6) is 0 Å². The number of hydrogen-bond donors (Lipinski definition) is 1. The lowest BCUT2D eigenvalue weighted by molar-refractivity contribution is -0.120. The summed E-state index contributed by atoms with van der Waals surface area (Å²) in [5, 5.41) is 2.74. The van der Waals surface area contributed by atoms with Gasteiger partial charge in [0.15, 0.2) is 9.84 Å². The van der Waals surface area contributed by atoms with Gasteiger partial charge in [0.25, 0.3) is 0 Å². The van der Waals surface area contributed by atoms with E-state index >= 15 is 0 Å². The molecule has 1 heterocycles. The molecular formula is C19H20Cl2N2O5S2. The van der Waals surface area contributed by atoms with Crippen LogP contribution in [0.15, 0.2) is 52.3 Å². The number of nitrogens with zero attached hydrogens (tertiary/aromatic N) is 1. The molecule has 3 rings (SSSR count). The van der Waals surface area contributed by atoms with Crippen molar-refractivity contribution in [2.75, 3.05) is 24.7 Å². The molecule has 7 nitrogen and oxygen atoms in total. The highest BCUT2D eigenvalue weighted by Crippen LogP contribution is 2.33. The summed E-state index contributed by atoms with van der Waals surface area (Å²) in [6.07, 6.45) is 1.64. The number of benzene rings is 2. The van der Waals surface area contributed by atoms with Crippen molar-refractivity contribution >= 4 is 54.7 Å². The van der Waals surface area contributed by atoms with Crippen molar-refractivity contribution in [3.05, 3.63) is 52.5 Å². The molecule has 0 bridgehead atoms. The van der Waals surface area contributed by atoms with Crippen molar-refractivity contribution < 1.29 is 21.6 Å². The van der Waals surface area contributed by atoms with Crippen LogP contribution in [0.25, 0.3) is 0 Å². The van der Waals surface area contributed by atoms with E-state index in [9.17, 15) is 21.6 Å². The number of hydrogen-bond acceptors (Lipinski definition) is 5. The number of carbonyl (C=O) groups excluding carboxylic acids is 1. The first-order valence-electron chi connectivity index (χ1n) is 9.06. The number of para-hydroxylation sites is 1. The van der Waals surface area contributed by atoms with Crippen LogP contribution in [0, 0.1) is 5.92 Å². The third-order valence-electron chi connectivity index (χ3n) is 4.89. The number of halogens is 2. The highest BCUT2D eigenvalue weighted by atomic mass is 35.5. The van der Waals surface area contributed by atoms with Gasteiger partial charge in [0, 0.05) is 25.3 Å². The molecule has 1 N–H and O–H groups in total. The Hall–Kier alpha value is -1.65. The lowest BCUT2D eigenvalue weighted by Gasteiger charge is -2.31. The minimum Gasteiger partial charge on any atom is -0.325 e. The van der Waals surface area contributed by atoms with Crippen LogP contribution < -0.4 is 5.32 Å². The number of anilines is 1. The van der Waals surface area contributed by atoms with Crippen LogP contribution in [0.1, 0.15) is 12.8 Å². The smallest absolute Gasteiger partial charge is 0.246 e. The van der Waals surface area contributed by atoms with E-state index in [0.717, 1.165) is 6.26 Å². The van der Waals surface area contributed by atoms with Gasteiger partial charge in [0.1, 0.15) is 4.90 Å². The Bertz CT molecular complexity index is 1150. The fourth-order valence-electron chi connectivity index (χ4n) is 3.34. The number of piperidine rings is 1. The van der Waals surface area contributed by atoms with E-state index in [1.54, 1.807) is 18.2 Å². The maximum absolute atomic E-state index is 12.9. The molecule has 0 saturated carbocycles. The largest absolute Gasteiger partial charge is 0.325 e. The first-order valence-corrected chi connectivity index (χ1v) is 13.1. The molecule has 0 unspecified atom stereocenters. The third kappa shape index (κ3) is 4.81. The lowest BCUT2D eigenvalue weighted by Crippen LogP contribution is -2.41. The van der Waals surface area contributed by atoms with Gasteiger partial charge in [0.2, 0.25) is 15.9 Å².